The predicted octanol–water partition coefficient (Wildman–Crippen LogP) is 4.45. The van der Waals surface area contributed by atoms with Crippen LogP contribution >= 0.6 is 27.5 Å². The third-order valence-electron chi connectivity index (χ3n) is 3.01. The van der Waals surface area contributed by atoms with Gasteiger partial charge in [0.1, 0.15) is 0 Å². The summed E-state index contributed by atoms with van der Waals surface area (Å²) in [7, 11) is 0. The van der Waals surface area contributed by atoms with Gasteiger partial charge in [-0.25, -0.2) is 0 Å². The fraction of sp³-hybridized carbons (Fsp3) is 0.500. The molecule has 1 aromatic carbocycles. The summed E-state index contributed by atoms with van der Waals surface area (Å²) in [6.07, 6.45) is 5.12. The molecule has 1 fully saturated rings. The lowest BCUT2D eigenvalue weighted by molar-refractivity contribution is 0.563. The smallest absolute Gasteiger partial charge is 0.0438 e. The molecule has 0 aromatic heterocycles. The Bertz CT molecular complexity index is 311. The van der Waals surface area contributed by atoms with Crippen molar-refractivity contribution in [2.75, 3.05) is 0 Å². The Labute approximate surface area is 98.8 Å². The van der Waals surface area contributed by atoms with Crippen molar-refractivity contribution >= 4 is 27.5 Å². The molecule has 2 rings (SSSR count). The minimum absolute atomic E-state index is 0.693. The van der Waals surface area contributed by atoms with E-state index in [0.29, 0.717) is 4.83 Å². The maximum atomic E-state index is 6.14. The molecule has 0 heterocycles. The van der Waals surface area contributed by atoms with Crippen molar-refractivity contribution in [2.45, 2.75) is 30.5 Å². The molecule has 1 aliphatic carbocycles. The van der Waals surface area contributed by atoms with Gasteiger partial charge < -0.3 is 0 Å². The number of halogens is 2. The number of hydrogen-bond acceptors (Lipinski definition) is 0. The first-order valence-electron chi connectivity index (χ1n) is 5.15. The average molecular weight is 274 g/mol. The molecule has 2 unspecified atom stereocenters. The van der Waals surface area contributed by atoms with Gasteiger partial charge in [0.25, 0.3) is 0 Å². The molecular formula is C12H14BrCl. The van der Waals surface area contributed by atoms with Crippen LogP contribution in [0.5, 0.6) is 0 Å². The Kier molecular flexibility index (Phi) is 3.51. The first-order valence-corrected chi connectivity index (χ1v) is 6.44. The number of alkyl halides is 1. The second-order valence-electron chi connectivity index (χ2n) is 4.00. The summed E-state index contributed by atoms with van der Waals surface area (Å²) in [6, 6.07) is 8.18. The van der Waals surface area contributed by atoms with Crippen LogP contribution in [0.3, 0.4) is 0 Å². The van der Waals surface area contributed by atoms with Gasteiger partial charge >= 0.3 is 0 Å². The summed E-state index contributed by atoms with van der Waals surface area (Å²) in [5.74, 6) is 0.773. The highest BCUT2D eigenvalue weighted by Crippen LogP contribution is 2.35. The van der Waals surface area contributed by atoms with Gasteiger partial charge in [-0.1, -0.05) is 52.2 Å². The molecule has 2 atom stereocenters. The predicted molar refractivity (Wildman–Crippen MR) is 65.2 cm³/mol. The number of hydrogen-bond donors (Lipinski definition) is 0. The molecule has 14 heavy (non-hydrogen) atoms. The number of benzene rings is 1. The van der Waals surface area contributed by atoms with Gasteiger partial charge in [-0.05, 0) is 36.8 Å². The molecule has 1 saturated carbocycles. The van der Waals surface area contributed by atoms with Crippen molar-refractivity contribution in [3.8, 4) is 0 Å². The largest absolute Gasteiger partial charge is 0.0888 e. The van der Waals surface area contributed by atoms with Crippen LogP contribution in [0.25, 0.3) is 0 Å². The summed E-state index contributed by atoms with van der Waals surface area (Å²) < 4.78 is 0. The van der Waals surface area contributed by atoms with E-state index >= 15 is 0 Å². The lowest BCUT2D eigenvalue weighted by atomic mass is 9.98. The maximum Gasteiger partial charge on any atom is 0.0438 e. The van der Waals surface area contributed by atoms with E-state index in [1.54, 1.807) is 0 Å². The van der Waals surface area contributed by atoms with Crippen molar-refractivity contribution < 1.29 is 0 Å². The average Bonchev–Trinajstić information content (AvgIpc) is 2.56. The molecule has 0 saturated heterocycles. The molecule has 2 heteroatoms. The third kappa shape index (κ3) is 2.32. The Balaban J connectivity index is 2.07. The second-order valence-corrected chi connectivity index (χ2v) is 5.59. The summed E-state index contributed by atoms with van der Waals surface area (Å²) in [5, 5.41) is 0.916. The van der Waals surface area contributed by atoms with Crippen LogP contribution < -0.4 is 0 Å². The zero-order valence-corrected chi connectivity index (χ0v) is 10.4. The van der Waals surface area contributed by atoms with Crippen LogP contribution in [-0.2, 0) is 6.42 Å². The molecule has 0 aliphatic heterocycles. The SMILES string of the molecule is Clc1ccccc1CC1CCCC1Br. The highest BCUT2D eigenvalue weighted by molar-refractivity contribution is 9.09. The van der Waals surface area contributed by atoms with E-state index in [-0.39, 0.29) is 0 Å². The van der Waals surface area contributed by atoms with Crippen LogP contribution in [0.2, 0.25) is 5.02 Å². The molecule has 0 amide bonds. The molecule has 0 N–H and O–H groups in total. The number of rotatable bonds is 2. The van der Waals surface area contributed by atoms with Crippen molar-refractivity contribution in [2.24, 2.45) is 5.92 Å². The van der Waals surface area contributed by atoms with E-state index < -0.39 is 0 Å². The Morgan fingerprint density at radius 3 is 2.71 bits per heavy atom. The van der Waals surface area contributed by atoms with E-state index in [2.05, 4.69) is 28.1 Å². The standard InChI is InChI=1S/C12H14BrCl/c13-11-6-3-5-9(11)8-10-4-1-2-7-12(10)14/h1-2,4,7,9,11H,3,5-6,8H2. The van der Waals surface area contributed by atoms with E-state index in [1.165, 1.54) is 24.8 Å². The summed E-state index contributed by atoms with van der Waals surface area (Å²) in [5.41, 5.74) is 1.30. The summed E-state index contributed by atoms with van der Waals surface area (Å²) in [4.78, 5) is 0.693. The first-order chi connectivity index (χ1) is 6.77. The van der Waals surface area contributed by atoms with E-state index in [0.717, 1.165) is 17.4 Å². The Morgan fingerprint density at radius 2 is 2.07 bits per heavy atom. The van der Waals surface area contributed by atoms with Crippen LogP contribution in [0, 0.1) is 5.92 Å². The maximum absolute atomic E-state index is 6.14. The van der Waals surface area contributed by atoms with E-state index in [9.17, 15) is 0 Å². The Morgan fingerprint density at radius 1 is 1.29 bits per heavy atom. The zero-order chi connectivity index (χ0) is 9.97. The van der Waals surface area contributed by atoms with Gasteiger partial charge in [0.15, 0.2) is 0 Å². The highest BCUT2D eigenvalue weighted by atomic mass is 79.9. The molecule has 76 valence electrons. The highest BCUT2D eigenvalue weighted by Gasteiger charge is 2.25. The van der Waals surface area contributed by atoms with Gasteiger partial charge in [-0.3, -0.25) is 0 Å². The fourth-order valence-corrected chi connectivity index (χ4v) is 3.16. The molecule has 1 aliphatic rings. The fourth-order valence-electron chi connectivity index (χ4n) is 2.17. The quantitative estimate of drug-likeness (QED) is 0.699. The zero-order valence-electron chi connectivity index (χ0n) is 8.05. The van der Waals surface area contributed by atoms with Gasteiger partial charge in [0.2, 0.25) is 0 Å². The van der Waals surface area contributed by atoms with Gasteiger partial charge in [0, 0.05) is 9.85 Å². The first kappa shape index (κ1) is 10.5. The lowest BCUT2D eigenvalue weighted by Crippen LogP contribution is -2.09. The molecule has 0 spiro atoms. The molecular weight excluding hydrogens is 259 g/mol. The second kappa shape index (κ2) is 4.67. The topological polar surface area (TPSA) is 0 Å². The van der Waals surface area contributed by atoms with Crippen molar-refractivity contribution in [3.05, 3.63) is 34.9 Å². The molecule has 0 bridgehead atoms. The third-order valence-corrected chi connectivity index (χ3v) is 4.58. The summed E-state index contributed by atoms with van der Waals surface area (Å²) >= 11 is 9.88. The summed E-state index contributed by atoms with van der Waals surface area (Å²) in [6.45, 7) is 0. The minimum Gasteiger partial charge on any atom is -0.0888 e. The van der Waals surface area contributed by atoms with Gasteiger partial charge in [-0.2, -0.15) is 0 Å². The van der Waals surface area contributed by atoms with Crippen LogP contribution in [0.1, 0.15) is 24.8 Å². The van der Waals surface area contributed by atoms with Crippen LogP contribution in [0.4, 0.5) is 0 Å². The lowest BCUT2D eigenvalue weighted by Gasteiger charge is -2.14. The van der Waals surface area contributed by atoms with Crippen LogP contribution in [-0.4, -0.2) is 4.83 Å². The molecule has 0 nitrogen and oxygen atoms in total. The van der Waals surface area contributed by atoms with Crippen molar-refractivity contribution in [1.82, 2.24) is 0 Å². The van der Waals surface area contributed by atoms with Crippen molar-refractivity contribution in [3.63, 3.8) is 0 Å². The van der Waals surface area contributed by atoms with Crippen molar-refractivity contribution in [1.29, 1.82) is 0 Å². The molecule has 0 radical (unpaired) electrons. The van der Waals surface area contributed by atoms with Gasteiger partial charge in [-0.15, -0.1) is 0 Å². The van der Waals surface area contributed by atoms with Crippen LogP contribution in [0.15, 0.2) is 24.3 Å². The monoisotopic (exact) mass is 272 g/mol. The minimum atomic E-state index is 0.693. The Hall–Kier alpha value is -0.0100. The normalized spacial score (nSPS) is 26.7. The van der Waals surface area contributed by atoms with E-state index in [1.807, 2.05) is 12.1 Å². The van der Waals surface area contributed by atoms with E-state index in [4.69, 9.17) is 11.6 Å². The molecule has 1 aromatic rings. The van der Waals surface area contributed by atoms with Gasteiger partial charge in [0.05, 0.1) is 0 Å².